The van der Waals surface area contributed by atoms with Crippen LogP contribution < -0.4 is 14.8 Å². The smallest absolute Gasteiger partial charge is 0.295 e. The van der Waals surface area contributed by atoms with Crippen molar-refractivity contribution < 1.29 is 18.7 Å². The highest BCUT2D eigenvalue weighted by Gasteiger charge is 2.51. The molecule has 1 aliphatic rings. The van der Waals surface area contributed by atoms with Gasteiger partial charge in [-0.2, -0.15) is 0 Å². The summed E-state index contributed by atoms with van der Waals surface area (Å²) in [5, 5.41) is 11.3. The van der Waals surface area contributed by atoms with E-state index >= 15 is 0 Å². The van der Waals surface area contributed by atoms with Crippen LogP contribution in [0.3, 0.4) is 0 Å². The van der Waals surface area contributed by atoms with E-state index in [0.29, 0.717) is 34.6 Å². The zero-order chi connectivity index (χ0) is 22.2. The Morgan fingerprint density at radius 2 is 2.10 bits per heavy atom. The summed E-state index contributed by atoms with van der Waals surface area (Å²) in [6.45, 7) is 3.59. The molecule has 3 aromatic rings. The van der Waals surface area contributed by atoms with E-state index in [4.69, 9.17) is 21.1 Å². The van der Waals surface area contributed by atoms with E-state index in [9.17, 15) is 9.18 Å². The lowest BCUT2D eigenvalue weighted by molar-refractivity contribution is 0.102. The van der Waals surface area contributed by atoms with Crippen molar-refractivity contribution in [3.05, 3.63) is 40.9 Å². The Hall–Kier alpha value is -2.85. The van der Waals surface area contributed by atoms with Gasteiger partial charge in [-0.05, 0) is 43.7 Å². The first kappa shape index (κ1) is 21.4. The molecule has 8 nitrogen and oxygen atoms in total. The van der Waals surface area contributed by atoms with E-state index in [-0.39, 0.29) is 28.0 Å². The molecule has 0 aliphatic heterocycles. The van der Waals surface area contributed by atoms with Crippen LogP contribution in [-0.2, 0) is 0 Å². The number of hydrogen-bond acceptors (Lipinski definition) is 8. The van der Waals surface area contributed by atoms with Crippen LogP contribution in [0.15, 0.2) is 24.5 Å². The number of pyridine rings is 2. The quantitative estimate of drug-likeness (QED) is 0.520. The van der Waals surface area contributed by atoms with Crippen molar-refractivity contribution >= 4 is 34.0 Å². The first-order chi connectivity index (χ1) is 14.8. The fourth-order valence-corrected chi connectivity index (χ4v) is 3.82. The van der Waals surface area contributed by atoms with Gasteiger partial charge in [0.25, 0.3) is 11.1 Å². The monoisotopic (exact) mass is 463 g/mol. The number of carbonyl (C=O) groups is 1. The summed E-state index contributed by atoms with van der Waals surface area (Å²) in [6, 6.07) is 3.39. The number of ether oxygens (including phenoxy) is 2. The molecule has 11 heteroatoms. The molecule has 1 amide bonds. The Morgan fingerprint density at radius 1 is 1.32 bits per heavy atom. The second-order valence-corrected chi connectivity index (χ2v) is 8.72. The number of amides is 1. The molecule has 1 aliphatic carbocycles. The predicted molar refractivity (Wildman–Crippen MR) is 115 cm³/mol. The van der Waals surface area contributed by atoms with Gasteiger partial charge in [-0.3, -0.25) is 15.1 Å². The number of aryl methyl sites for hydroxylation is 1. The van der Waals surface area contributed by atoms with Gasteiger partial charge in [-0.15, -0.1) is 5.10 Å². The second-order valence-electron chi connectivity index (χ2n) is 7.40. The average Bonchev–Trinajstić information content (AvgIpc) is 3.12. The van der Waals surface area contributed by atoms with Crippen molar-refractivity contribution in [3.8, 4) is 22.1 Å². The minimum absolute atomic E-state index is 0.141. The number of methoxy groups -OCH3 is 1. The number of halogens is 2. The molecule has 0 spiro atoms. The minimum atomic E-state index is -1.17. The normalized spacial score (nSPS) is 19.7. The number of rotatable bonds is 7. The van der Waals surface area contributed by atoms with Crippen LogP contribution in [0.25, 0.3) is 11.1 Å². The van der Waals surface area contributed by atoms with Crippen LogP contribution in [0.5, 0.6) is 10.9 Å². The Morgan fingerprint density at radius 3 is 2.81 bits per heavy atom. The van der Waals surface area contributed by atoms with E-state index in [2.05, 4.69) is 25.5 Å². The maximum Gasteiger partial charge on any atom is 0.295 e. The van der Waals surface area contributed by atoms with Crippen molar-refractivity contribution in [2.24, 2.45) is 5.92 Å². The molecule has 0 aromatic carbocycles. The molecule has 0 bridgehead atoms. The lowest BCUT2D eigenvalue weighted by Crippen LogP contribution is -2.14. The minimum Gasteiger partial charge on any atom is -0.494 e. The maximum atomic E-state index is 13.6. The van der Waals surface area contributed by atoms with Crippen molar-refractivity contribution in [2.75, 3.05) is 19.0 Å². The molecule has 1 N–H and O–H groups in total. The topological polar surface area (TPSA) is 99.1 Å². The fraction of sp³-hybridized carbons (Fsp3) is 0.350. The summed E-state index contributed by atoms with van der Waals surface area (Å²) in [6.07, 6.45) is 3.44. The highest BCUT2D eigenvalue weighted by atomic mass is 35.5. The van der Waals surface area contributed by atoms with E-state index in [0.717, 1.165) is 11.3 Å². The molecule has 2 atom stereocenters. The van der Waals surface area contributed by atoms with Gasteiger partial charge in [-0.1, -0.05) is 16.7 Å². The van der Waals surface area contributed by atoms with Gasteiger partial charge >= 0.3 is 0 Å². The number of nitrogens with one attached hydrogen (secondary N) is 1. The molecule has 1 saturated carbocycles. The molecule has 4 rings (SSSR count). The van der Waals surface area contributed by atoms with Crippen LogP contribution in [0.4, 0.5) is 9.52 Å². The fourth-order valence-electron chi connectivity index (χ4n) is 3.06. The summed E-state index contributed by atoms with van der Waals surface area (Å²) in [5.74, 6) is -0.105. The molecule has 3 aromatic heterocycles. The number of nitrogens with zero attached hydrogens (tertiary/aromatic N) is 4. The molecule has 31 heavy (non-hydrogen) atoms. The molecule has 1 fully saturated rings. The lowest BCUT2D eigenvalue weighted by Gasteiger charge is -2.13. The third-order valence-electron chi connectivity index (χ3n) is 5.00. The Bertz CT molecular complexity index is 1140. The first-order valence-corrected chi connectivity index (χ1v) is 10.6. The SMILES string of the molecule is COc1cnc(Cl)cc1-c1cc(C)ncc1C(=O)Nc1nnc(OCC2CC2(C)F)s1. The molecule has 162 valence electrons. The third kappa shape index (κ3) is 4.75. The van der Waals surface area contributed by atoms with Gasteiger partial charge in [0.2, 0.25) is 5.13 Å². The van der Waals surface area contributed by atoms with Gasteiger partial charge < -0.3 is 9.47 Å². The van der Waals surface area contributed by atoms with Crippen LogP contribution in [0.2, 0.25) is 5.15 Å². The van der Waals surface area contributed by atoms with Gasteiger partial charge in [-0.25, -0.2) is 9.37 Å². The van der Waals surface area contributed by atoms with Gasteiger partial charge in [0, 0.05) is 28.9 Å². The van der Waals surface area contributed by atoms with Crippen LogP contribution in [0.1, 0.15) is 29.4 Å². The summed E-state index contributed by atoms with van der Waals surface area (Å²) in [5.41, 5.74) is 1.04. The summed E-state index contributed by atoms with van der Waals surface area (Å²) >= 11 is 7.13. The molecular formula is C20H19ClFN5O3S. The van der Waals surface area contributed by atoms with Crippen molar-refractivity contribution in [1.82, 2.24) is 20.2 Å². The molecule has 3 heterocycles. The van der Waals surface area contributed by atoms with Crippen molar-refractivity contribution in [3.63, 3.8) is 0 Å². The van der Waals surface area contributed by atoms with E-state index in [1.165, 1.54) is 19.5 Å². The maximum absolute atomic E-state index is 13.6. The van der Waals surface area contributed by atoms with Crippen LogP contribution in [0, 0.1) is 12.8 Å². The third-order valence-corrected chi connectivity index (χ3v) is 5.96. The molecule has 0 saturated heterocycles. The summed E-state index contributed by atoms with van der Waals surface area (Å²) < 4.78 is 24.5. The van der Waals surface area contributed by atoms with E-state index in [1.54, 1.807) is 19.1 Å². The zero-order valence-corrected chi connectivity index (χ0v) is 18.6. The molecule has 2 unspecified atom stereocenters. The van der Waals surface area contributed by atoms with Gasteiger partial charge in [0.1, 0.15) is 16.6 Å². The van der Waals surface area contributed by atoms with E-state index < -0.39 is 11.6 Å². The number of alkyl halides is 1. The highest BCUT2D eigenvalue weighted by molar-refractivity contribution is 7.17. The lowest BCUT2D eigenvalue weighted by atomic mass is 10.0. The largest absolute Gasteiger partial charge is 0.494 e. The second kappa shape index (κ2) is 8.35. The molecule has 0 radical (unpaired) electrons. The van der Waals surface area contributed by atoms with E-state index in [1.807, 2.05) is 6.92 Å². The number of aromatic nitrogens is 4. The van der Waals surface area contributed by atoms with Crippen molar-refractivity contribution in [2.45, 2.75) is 25.9 Å². The molecular weight excluding hydrogens is 445 g/mol. The Labute approximate surface area is 186 Å². The summed E-state index contributed by atoms with van der Waals surface area (Å²) in [7, 11) is 1.51. The van der Waals surface area contributed by atoms with Crippen molar-refractivity contribution in [1.29, 1.82) is 0 Å². The number of carbonyl (C=O) groups excluding carboxylic acids is 1. The Kier molecular flexibility index (Phi) is 5.76. The van der Waals surface area contributed by atoms with Gasteiger partial charge in [0.05, 0.1) is 25.5 Å². The number of hydrogen-bond donors (Lipinski definition) is 1. The zero-order valence-electron chi connectivity index (χ0n) is 17.0. The first-order valence-electron chi connectivity index (χ1n) is 9.40. The number of anilines is 1. The predicted octanol–water partition coefficient (Wildman–Crippen LogP) is 4.34. The standard InChI is InChI=1S/C20H19ClFN5O3S/c1-10-4-12(13-5-16(21)24-8-15(13)29-3)14(7-23-10)17(28)25-18-26-27-19(31-18)30-9-11-6-20(11,2)22/h4-5,7-8,11H,6,9H2,1-3H3,(H,25,26,28). The average molecular weight is 464 g/mol. The Balaban J connectivity index is 1.54. The van der Waals surface area contributed by atoms with Crippen LogP contribution in [-0.4, -0.2) is 45.5 Å². The van der Waals surface area contributed by atoms with Gasteiger partial charge in [0.15, 0.2) is 0 Å². The summed E-state index contributed by atoms with van der Waals surface area (Å²) in [4.78, 5) is 21.2. The van der Waals surface area contributed by atoms with Crippen LogP contribution >= 0.6 is 22.9 Å². The highest BCUT2D eigenvalue weighted by Crippen LogP contribution is 2.47.